The van der Waals surface area contributed by atoms with Gasteiger partial charge in [-0.2, -0.15) is 0 Å². The van der Waals surface area contributed by atoms with Crippen molar-refractivity contribution in [1.29, 1.82) is 0 Å². The maximum Gasteiger partial charge on any atom is 0.138 e. The molecular weight excluding hydrogens is 248 g/mol. The number of imidazole rings is 1. The summed E-state index contributed by atoms with van der Waals surface area (Å²) in [6.45, 7) is 2.13. The highest BCUT2D eigenvalue weighted by Gasteiger charge is 2.10. The van der Waals surface area contributed by atoms with Gasteiger partial charge >= 0.3 is 0 Å². The monoisotopic (exact) mass is 262 g/mol. The van der Waals surface area contributed by atoms with Crippen LogP contribution in [0.3, 0.4) is 0 Å². The first-order valence-electron chi connectivity index (χ1n) is 6.62. The molecule has 3 heteroatoms. The van der Waals surface area contributed by atoms with Gasteiger partial charge in [0.05, 0.1) is 23.7 Å². The fourth-order valence-electron chi connectivity index (χ4n) is 2.82. The van der Waals surface area contributed by atoms with Crippen molar-refractivity contribution in [3.8, 4) is 5.75 Å². The molecular formula is C17H14N2O. The molecule has 0 spiro atoms. The largest absolute Gasteiger partial charge is 0.497 e. The molecule has 2 heterocycles. The van der Waals surface area contributed by atoms with E-state index in [2.05, 4.69) is 41.7 Å². The Hall–Kier alpha value is -2.55. The molecule has 0 aliphatic rings. The van der Waals surface area contributed by atoms with Crippen molar-refractivity contribution in [1.82, 2.24) is 9.38 Å². The summed E-state index contributed by atoms with van der Waals surface area (Å²) < 4.78 is 7.53. The molecule has 0 radical (unpaired) electrons. The van der Waals surface area contributed by atoms with Gasteiger partial charge in [-0.1, -0.05) is 18.2 Å². The third kappa shape index (κ3) is 1.43. The van der Waals surface area contributed by atoms with Crippen molar-refractivity contribution in [2.24, 2.45) is 0 Å². The average Bonchev–Trinajstić information content (AvgIpc) is 2.84. The van der Waals surface area contributed by atoms with Gasteiger partial charge in [0, 0.05) is 11.5 Å². The van der Waals surface area contributed by atoms with E-state index in [1.54, 1.807) is 7.11 Å². The van der Waals surface area contributed by atoms with Crippen LogP contribution in [0.2, 0.25) is 0 Å². The van der Waals surface area contributed by atoms with Crippen LogP contribution in [-0.4, -0.2) is 16.5 Å². The van der Waals surface area contributed by atoms with Gasteiger partial charge in [-0.05, 0) is 36.8 Å². The van der Waals surface area contributed by atoms with Gasteiger partial charge in [-0.15, -0.1) is 0 Å². The average molecular weight is 262 g/mol. The second-order valence-corrected chi connectivity index (χ2v) is 5.00. The molecule has 4 rings (SSSR count). The minimum Gasteiger partial charge on any atom is -0.497 e. The first kappa shape index (κ1) is 11.3. The highest BCUT2D eigenvalue weighted by Crippen LogP contribution is 2.27. The zero-order valence-corrected chi connectivity index (χ0v) is 11.4. The molecule has 0 bridgehead atoms. The quantitative estimate of drug-likeness (QED) is 0.519. The number of benzene rings is 2. The lowest BCUT2D eigenvalue weighted by Crippen LogP contribution is -1.91. The van der Waals surface area contributed by atoms with Gasteiger partial charge in [-0.3, -0.25) is 4.40 Å². The minimum atomic E-state index is 0.851. The van der Waals surface area contributed by atoms with E-state index in [1.165, 1.54) is 16.5 Å². The zero-order valence-electron chi connectivity index (χ0n) is 11.4. The molecule has 98 valence electrons. The number of aromatic nitrogens is 2. The molecule has 0 fully saturated rings. The first-order valence-corrected chi connectivity index (χ1v) is 6.62. The lowest BCUT2D eigenvalue weighted by atomic mass is 10.1. The number of hydrogen-bond donors (Lipinski definition) is 0. The smallest absolute Gasteiger partial charge is 0.138 e. The summed E-state index contributed by atoms with van der Waals surface area (Å²) in [6, 6.07) is 16.5. The predicted octanol–water partition coefficient (Wildman–Crippen LogP) is 3.96. The van der Waals surface area contributed by atoms with Gasteiger partial charge in [0.25, 0.3) is 0 Å². The summed E-state index contributed by atoms with van der Waals surface area (Å²) >= 11 is 0. The van der Waals surface area contributed by atoms with Crippen LogP contribution in [0.25, 0.3) is 27.6 Å². The second kappa shape index (κ2) is 3.97. The summed E-state index contributed by atoms with van der Waals surface area (Å²) in [7, 11) is 1.69. The van der Waals surface area contributed by atoms with Gasteiger partial charge < -0.3 is 4.74 Å². The second-order valence-electron chi connectivity index (χ2n) is 5.00. The Morgan fingerprint density at radius 3 is 2.70 bits per heavy atom. The van der Waals surface area contributed by atoms with E-state index in [0.717, 1.165) is 22.4 Å². The summed E-state index contributed by atoms with van der Waals surface area (Å²) in [6.07, 6.45) is 0. The lowest BCUT2D eigenvalue weighted by molar-refractivity contribution is 0.415. The predicted molar refractivity (Wildman–Crippen MR) is 81.5 cm³/mol. The molecule has 0 aliphatic carbocycles. The van der Waals surface area contributed by atoms with Crippen molar-refractivity contribution in [2.45, 2.75) is 6.92 Å². The Kier molecular flexibility index (Phi) is 2.24. The highest BCUT2D eigenvalue weighted by atomic mass is 16.5. The molecule has 4 aromatic rings. The van der Waals surface area contributed by atoms with E-state index in [0.29, 0.717) is 0 Å². The minimum absolute atomic E-state index is 0.851. The Bertz CT molecular complexity index is 953. The van der Waals surface area contributed by atoms with E-state index < -0.39 is 0 Å². The van der Waals surface area contributed by atoms with Crippen LogP contribution >= 0.6 is 0 Å². The third-order valence-electron chi connectivity index (χ3n) is 3.80. The normalized spacial score (nSPS) is 11.5. The van der Waals surface area contributed by atoms with Crippen LogP contribution in [0, 0.1) is 6.92 Å². The van der Waals surface area contributed by atoms with E-state index in [-0.39, 0.29) is 0 Å². The fraction of sp³-hybridized carbons (Fsp3) is 0.118. The van der Waals surface area contributed by atoms with E-state index in [9.17, 15) is 0 Å². The van der Waals surface area contributed by atoms with Gasteiger partial charge in [0.15, 0.2) is 0 Å². The molecule has 2 aromatic carbocycles. The molecule has 0 saturated carbocycles. The number of aryl methyl sites for hydroxylation is 1. The fourth-order valence-corrected chi connectivity index (χ4v) is 2.82. The summed E-state index contributed by atoms with van der Waals surface area (Å²) in [5.74, 6) is 0.851. The molecule has 2 aromatic heterocycles. The third-order valence-corrected chi connectivity index (χ3v) is 3.80. The van der Waals surface area contributed by atoms with Gasteiger partial charge in [0.2, 0.25) is 0 Å². The Balaban J connectivity index is 2.28. The van der Waals surface area contributed by atoms with E-state index in [1.807, 2.05) is 18.2 Å². The summed E-state index contributed by atoms with van der Waals surface area (Å²) in [4.78, 5) is 4.71. The van der Waals surface area contributed by atoms with Crippen molar-refractivity contribution >= 4 is 27.6 Å². The summed E-state index contributed by atoms with van der Waals surface area (Å²) in [5, 5.41) is 1.25. The number of para-hydroxylation sites is 1. The number of nitrogens with zero attached hydrogens (tertiary/aromatic N) is 2. The molecule has 0 unspecified atom stereocenters. The van der Waals surface area contributed by atoms with Gasteiger partial charge in [-0.25, -0.2) is 4.98 Å². The number of pyridine rings is 1. The Morgan fingerprint density at radius 2 is 1.85 bits per heavy atom. The molecule has 0 amide bonds. The number of hydrogen-bond acceptors (Lipinski definition) is 2. The van der Waals surface area contributed by atoms with Crippen molar-refractivity contribution < 1.29 is 4.74 Å². The van der Waals surface area contributed by atoms with Crippen LogP contribution in [0.15, 0.2) is 48.5 Å². The topological polar surface area (TPSA) is 26.5 Å². The van der Waals surface area contributed by atoms with E-state index >= 15 is 0 Å². The molecule has 0 aliphatic heterocycles. The lowest BCUT2D eigenvalue weighted by Gasteiger charge is -2.06. The van der Waals surface area contributed by atoms with Crippen LogP contribution in [0.5, 0.6) is 5.75 Å². The van der Waals surface area contributed by atoms with Crippen LogP contribution in [-0.2, 0) is 0 Å². The summed E-state index contributed by atoms with van der Waals surface area (Å²) in [5.41, 5.74) is 5.47. The first-order chi connectivity index (χ1) is 9.78. The standard InChI is InChI=1S/C17H14N2O/c1-11-9-17-18-14-8-7-12(20-2)10-16(14)19(17)15-6-4-3-5-13(11)15/h3-10H,1-2H3. The molecule has 3 nitrogen and oxygen atoms in total. The van der Waals surface area contributed by atoms with Crippen molar-refractivity contribution in [2.75, 3.05) is 7.11 Å². The number of fused-ring (bicyclic) bond motifs is 5. The number of rotatable bonds is 1. The van der Waals surface area contributed by atoms with Crippen molar-refractivity contribution in [3.05, 3.63) is 54.1 Å². The van der Waals surface area contributed by atoms with Gasteiger partial charge in [0.1, 0.15) is 11.4 Å². The highest BCUT2D eigenvalue weighted by molar-refractivity contribution is 5.92. The van der Waals surface area contributed by atoms with Crippen molar-refractivity contribution in [3.63, 3.8) is 0 Å². The molecule has 20 heavy (non-hydrogen) atoms. The number of ether oxygens (including phenoxy) is 1. The zero-order chi connectivity index (χ0) is 13.7. The molecule has 0 saturated heterocycles. The Labute approximate surface area is 116 Å². The Morgan fingerprint density at radius 1 is 1.00 bits per heavy atom. The molecule has 0 atom stereocenters. The SMILES string of the molecule is COc1ccc2nc3cc(C)c4ccccc4n3c2c1. The maximum atomic E-state index is 5.34. The van der Waals surface area contributed by atoms with Crippen LogP contribution < -0.4 is 4.74 Å². The van der Waals surface area contributed by atoms with Crippen LogP contribution in [0.1, 0.15) is 5.56 Å². The molecule has 0 N–H and O–H groups in total. The van der Waals surface area contributed by atoms with E-state index in [4.69, 9.17) is 9.72 Å². The van der Waals surface area contributed by atoms with Crippen LogP contribution in [0.4, 0.5) is 0 Å². The number of methoxy groups -OCH3 is 1. The maximum absolute atomic E-state index is 5.34.